The highest BCUT2D eigenvalue weighted by molar-refractivity contribution is 5.87. The van der Waals surface area contributed by atoms with Gasteiger partial charge < -0.3 is 9.67 Å². The first-order chi connectivity index (χ1) is 9.29. The Balaban J connectivity index is 2.25. The highest BCUT2D eigenvalue weighted by Gasteiger charge is 2.29. The molecule has 3 nitrogen and oxygen atoms in total. The number of carboxylic acid groups (broad SMARTS) is 1. The van der Waals surface area contributed by atoms with Gasteiger partial charge in [-0.05, 0) is 36.2 Å². The van der Waals surface area contributed by atoms with Crippen LogP contribution in [0, 0.1) is 6.92 Å². The highest BCUT2D eigenvalue weighted by atomic mass is 19.4. The maximum atomic E-state index is 12.4. The number of nitrogens with zero attached hydrogens (tertiary/aromatic N) is 1. The van der Waals surface area contributed by atoms with Crippen LogP contribution in [-0.4, -0.2) is 15.6 Å². The molecule has 1 heterocycles. The van der Waals surface area contributed by atoms with E-state index < -0.39 is 17.7 Å². The average molecular weight is 283 g/mol. The number of hydrogen-bond donors (Lipinski definition) is 1. The smallest absolute Gasteiger partial charge is 0.416 e. The molecule has 106 valence electrons. The Morgan fingerprint density at radius 1 is 1.20 bits per heavy atom. The molecule has 0 aliphatic rings. The van der Waals surface area contributed by atoms with Crippen LogP contribution in [0.2, 0.25) is 0 Å². The number of hydrogen-bond acceptors (Lipinski definition) is 1. The van der Waals surface area contributed by atoms with E-state index in [0.29, 0.717) is 11.1 Å². The first-order valence-corrected chi connectivity index (χ1v) is 5.84. The van der Waals surface area contributed by atoms with Crippen LogP contribution in [0.4, 0.5) is 13.2 Å². The van der Waals surface area contributed by atoms with E-state index in [1.165, 1.54) is 16.7 Å². The SMILES string of the molecule is Cc1ccn(Cc2ccc(C(F)(F)F)cc2)c1C(=O)O. The molecular weight excluding hydrogens is 271 g/mol. The van der Waals surface area contributed by atoms with Crippen molar-refractivity contribution in [2.24, 2.45) is 0 Å². The molecule has 1 N–H and O–H groups in total. The first-order valence-electron chi connectivity index (χ1n) is 5.84. The zero-order valence-corrected chi connectivity index (χ0v) is 10.6. The van der Waals surface area contributed by atoms with Crippen molar-refractivity contribution < 1.29 is 23.1 Å². The highest BCUT2D eigenvalue weighted by Crippen LogP contribution is 2.29. The molecule has 0 radical (unpaired) electrons. The van der Waals surface area contributed by atoms with E-state index in [2.05, 4.69) is 0 Å². The van der Waals surface area contributed by atoms with Crippen LogP contribution < -0.4 is 0 Å². The Morgan fingerprint density at radius 3 is 2.30 bits per heavy atom. The van der Waals surface area contributed by atoms with Gasteiger partial charge in [0.25, 0.3) is 0 Å². The molecular formula is C14H12F3NO2. The predicted octanol–water partition coefficient (Wildman–Crippen LogP) is 3.56. The minimum Gasteiger partial charge on any atom is -0.477 e. The molecule has 0 aliphatic heterocycles. The van der Waals surface area contributed by atoms with E-state index in [0.717, 1.165) is 12.1 Å². The van der Waals surface area contributed by atoms with Crippen LogP contribution in [0.25, 0.3) is 0 Å². The zero-order valence-electron chi connectivity index (χ0n) is 10.6. The van der Waals surface area contributed by atoms with Crippen LogP contribution in [0.3, 0.4) is 0 Å². The molecule has 2 aromatic rings. The molecule has 0 atom stereocenters. The lowest BCUT2D eigenvalue weighted by Gasteiger charge is -2.10. The molecule has 6 heteroatoms. The molecule has 1 aromatic carbocycles. The molecule has 0 spiro atoms. The number of halogens is 3. The van der Waals surface area contributed by atoms with Gasteiger partial charge in [-0.2, -0.15) is 13.2 Å². The van der Waals surface area contributed by atoms with Gasteiger partial charge in [-0.1, -0.05) is 12.1 Å². The van der Waals surface area contributed by atoms with Crippen molar-refractivity contribution in [3.05, 3.63) is 58.9 Å². The van der Waals surface area contributed by atoms with Crippen LogP contribution >= 0.6 is 0 Å². The monoisotopic (exact) mass is 283 g/mol. The van der Waals surface area contributed by atoms with Gasteiger partial charge in [0.1, 0.15) is 5.69 Å². The summed E-state index contributed by atoms with van der Waals surface area (Å²) in [6, 6.07) is 6.35. The van der Waals surface area contributed by atoms with Gasteiger partial charge in [0.2, 0.25) is 0 Å². The predicted molar refractivity (Wildman–Crippen MR) is 66.7 cm³/mol. The van der Waals surface area contributed by atoms with E-state index in [1.807, 2.05) is 0 Å². The summed E-state index contributed by atoms with van der Waals surface area (Å²) >= 11 is 0. The van der Waals surface area contributed by atoms with E-state index in [-0.39, 0.29) is 12.2 Å². The van der Waals surface area contributed by atoms with Crippen LogP contribution in [0.15, 0.2) is 36.5 Å². The second-order valence-electron chi connectivity index (χ2n) is 4.48. The Hall–Kier alpha value is -2.24. The quantitative estimate of drug-likeness (QED) is 0.935. The maximum absolute atomic E-state index is 12.4. The summed E-state index contributed by atoms with van der Waals surface area (Å²) in [5, 5.41) is 9.09. The minimum atomic E-state index is -4.37. The summed E-state index contributed by atoms with van der Waals surface area (Å²) in [6.45, 7) is 1.89. The summed E-state index contributed by atoms with van der Waals surface area (Å²) in [5.41, 5.74) is 0.647. The maximum Gasteiger partial charge on any atom is 0.416 e. The largest absolute Gasteiger partial charge is 0.477 e. The molecule has 0 saturated carbocycles. The van der Waals surface area contributed by atoms with Crippen molar-refractivity contribution in [3.8, 4) is 0 Å². The Morgan fingerprint density at radius 2 is 1.80 bits per heavy atom. The number of aromatic carboxylic acids is 1. The Bertz CT molecular complexity index is 627. The second-order valence-corrected chi connectivity index (χ2v) is 4.48. The van der Waals surface area contributed by atoms with Crippen LogP contribution in [-0.2, 0) is 12.7 Å². The number of carbonyl (C=O) groups is 1. The van der Waals surface area contributed by atoms with Gasteiger partial charge >= 0.3 is 12.1 Å². The number of aromatic nitrogens is 1. The number of aryl methyl sites for hydroxylation is 1. The number of rotatable bonds is 3. The molecule has 1 aromatic heterocycles. The van der Waals surface area contributed by atoms with E-state index in [1.54, 1.807) is 19.2 Å². The standard InChI is InChI=1S/C14H12F3NO2/c1-9-6-7-18(12(9)13(19)20)8-10-2-4-11(5-3-10)14(15,16)17/h2-7H,8H2,1H3,(H,19,20). The van der Waals surface area contributed by atoms with E-state index in [9.17, 15) is 18.0 Å². The third-order valence-electron chi connectivity index (χ3n) is 3.00. The van der Waals surface area contributed by atoms with Crippen molar-refractivity contribution >= 4 is 5.97 Å². The summed E-state index contributed by atoms with van der Waals surface area (Å²) in [4.78, 5) is 11.1. The topological polar surface area (TPSA) is 42.2 Å². The summed E-state index contributed by atoms with van der Waals surface area (Å²) < 4.78 is 38.8. The molecule has 2 rings (SSSR count). The van der Waals surface area contributed by atoms with E-state index >= 15 is 0 Å². The zero-order chi connectivity index (χ0) is 14.9. The van der Waals surface area contributed by atoms with Crippen LogP contribution in [0.1, 0.15) is 27.2 Å². The van der Waals surface area contributed by atoms with E-state index in [4.69, 9.17) is 5.11 Å². The van der Waals surface area contributed by atoms with Crippen molar-refractivity contribution in [2.45, 2.75) is 19.6 Å². The third kappa shape index (κ3) is 2.84. The molecule has 0 bridgehead atoms. The Labute approximate surface area is 113 Å². The summed E-state index contributed by atoms with van der Waals surface area (Å²) in [5.74, 6) is -1.06. The van der Waals surface area contributed by atoms with Crippen molar-refractivity contribution in [1.82, 2.24) is 4.57 Å². The van der Waals surface area contributed by atoms with Gasteiger partial charge in [-0.25, -0.2) is 4.79 Å². The normalized spacial score (nSPS) is 11.6. The van der Waals surface area contributed by atoms with Gasteiger partial charge in [0.15, 0.2) is 0 Å². The summed E-state index contributed by atoms with van der Waals surface area (Å²) in [7, 11) is 0. The average Bonchev–Trinajstić information content (AvgIpc) is 2.70. The molecule has 0 amide bonds. The Kier molecular flexibility index (Phi) is 3.57. The lowest BCUT2D eigenvalue weighted by Crippen LogP contribution is -2.10. The second kappa shape index (κ2) is 5.03. The fraction of sp³-hybridized carbons (Fsp3) is 0.214. The fourth-order valence-corrected chi connectivity index (χ4v) is 2.00. The number of benzene rings is 1. The van der Waals surface area contributed by atoms with Crippen molar-refractivity contribution in [1.29, 1.82) is 0 Å². The molecule has 0 saturated heterocycles. The third-order valence-corrected chi connectivity index (χ3v) is 3.00. The van der Waals surface area contributed by atoms with Crippen molar-refractivity contribution in [3.63, 3.8) is 0 Å². The lowest BCUT2D eigenvalue weighted by molar-refractivity contribution is -0.137. The van der Waals surface area contributed by atoms with Crippen LogP contribution in [0.5, 0.6) is 0 Å². The summed E-state index contributed by atoms with van der Waals surface area (Å²) in [6.07, 6.45) is -2.76. The van der Waals surface area contributed by atoms with Gasteiger partial charge in [0, 0.05) is 12.7 Å². The lowest BCUT2D eigenvalue weighted by atomic mass is 10.1. The molecule has 20 heavy (non-hydrogen) atoms. The number of carboxylic acids is 1. The molecule has 0 unspecified atom stereocenters. The van der Waals surface area contributed by atoms with Gasteiger partial charge in [-0.3, -0.25) is 0 Å². The van der Waals surface area contributed by atoms with Gasteiger partial charge in [0.05, 0.1) is 5.56 Å². The minimum absolute atomic E-state index is 0.143. The van der Waals surface area contributed by atoms with Gasteiger partial charge in [-0.15, -0.1) is 0 Å². The number of alkyl halides is 3. The van der Waals surface area contributed by atoms with Crippen molar-refractivity contribution in [2.75, 3.05) is 0 Å². The first kappa shape index (κ1) is 14.2. The molecule has 0 aliphatic carbocycles. The fourth-order valence-electron chi connectivity index (χ4n) is 2.00. The molecule has 0 fully saturated rings.